The molecule has 0 spiro atoms. The summed E-state index contributed by atoms with van der Waals surface area (Å²) in [5.74, 6) is -0.113. The van der Waals surface area contributed by atoms with E-state index in [1.54, 1.807) is 18.2 Å². The molecule has 0 bridgehead atoms. The predicted molar refractivity (Wildman–Crippen MR) is 141 cm³/mol. The summed E-state index contributed by atoms with van der Waals surface area (Å²) >= 11 is 5.84. The van der Waals surface area contributed by atoms with Crippen molar-refractivity contribution in [2.24, 2.45) is 5.10 Å². The molecule has 0 N–H and O–H groups in total. The van der Waals surface area contributed by atoms with Gasteiger partial charge in [-0.3, -0.25) is 4.79 Å². The Morgan fingerprint density at radius 2 is 1.39 bits per heavy atom. The lowest BCUT2D eigenvalue weighted by Gasteiger charge is -2.11. The number of carbonyl (C=O) groups excluding carboxylic acids is 1. The van der Waals surface area contributed by atoms with E-state index in [1.165, 1.54) is 41.4 Å². The Kier molecular flexibility index (Phi) is 6.41. The van der Waals surface area contributed by atoms with Gasteiger partial charge in [0.1, 0.15) is 16.4 Å². The van der Waals surface area contributed by atoms with Crippen molar-refractivity contribution in [1.29, 1.82) is 0 Å². The number of hydrogen-bond acceptors (Lipinski definition) is 5. The molecule has 178 valence electrons. The molecule has 6 nitrogen and oxygen atoms in total. The van der Waals surface area contributed by atoms with Gasteiger partial charge in [0.2, 0.25) is 0 Å². The quantitative estimate of drug-likeness (QED) is 0.235. The van der Waals surface area contributed by atoms with Crippen molar-refractivity contribution in [1.82, 2.24) is 0 Å². The highest BCUT2D eigenvalue weighted by Gasteiger charge is 2.31. The molecule has 0 saturated carbocycles. The highest BCUT2D eigenvalue weighted by atomic mass is 35.5. The fourth-order valence-corrected chi connectivity index (χ4v) is 4.72. The SMILES string of the molecule is O=C1/C(=C\c2ccc(OS(=O)(=O)c3ccc(Cl)cc3)cc2)C(c2ccccc2)=NN1c1ccccc1. The van der Waals surface area contributed by atoms with Crippen LogP contribution in [0.3, 0.4) is 0 Å². The van der Waals surface area contributed by atoms with E-state index >= 15 is 0 Å². The summed E-state index contributed by atoms with van der Waals surface area (Å²) in [6.45, 7) is 0. The first kappa shape index (κ1) is 23.5. The number of para-hydroxylation sites is 1. The van der Waals surface area contributed by atoms with Gasteiger partial charge in [0.05, 0.1) is 11.3 Å². The van der Waals surface area contributed by atoms with E-state index in [4.69, 9.17) is 15.8 Å². The van der Waals surface area contributed by atoms with Crippen LogP contribution in [-0.4, -0.2) is 20.0 Å². The van der Waals surface area contributed by atoms with E-state index < -0.39 is 10.1 Å². The summed E-state index contributed by atoms with van der Waals surface area (Å²) in [7, 11) is -4.01. The average molecular weight is 515 g/mol. The van der Waals surface area contributed by atoms with E-state index in [0.29, 0.717) is 27.6 Å². The van der Waals surface area contributed by atoms with Crippen LogP contribution in [0.15, 0.2) is 125 Å². The van der Waals surface area contributed by atoms with Crippen molar-refractivity contribution in [2.75, 3.05) is 5.01 Å². The third-order valence-electron chi connectivity index (χ3n) is 5.43. The van der Waals surface area contributed by atoms with Crippen molar-refractivity contribution in [3.05, 3.63) is 131 Å². The second-order valence-electron chi connectivity index (χ2n) is 7.89. The summed E-state index contributed by atoms with van der Waals surface area (Å²) in [6, 6.07) is 30.8. The summed E-state index contributed by atoms with van der Waals surface area (Å²) in [6.07, 6.45) is 1.73. The van der Waals surface area contributed by atoms with Crippen molar-refractivity contribution in [3.8, 4) is 5.75 Å². The van der Waals surface area contributed by atoms with E-state index in [0.717, 1.165) is 5.56 Å². The van der Waals surface area contributed by atoms with Gasteiger partial charge < -0.3 is 4.18 Å². The number of rotatable bonds is 6. The Hall–Kier alpha value is -4.20. The lowest BCUT2D eigenvalue weighted by molar-refractivity contribution is -0.114. The van der Waals surface area contributed by atoms with Gasteiger partial charge in [-0.05, 0) is 60.2 Å². The minimum atomic E-state index is -4.01. The van der Waals surface area contributed by atoms with Crippen molar-refractivity contribution in [2.45, 2.75) is 4.90 Å². The number of hydrogen-bond donors (Lipinski definition) is 0. The maximum absolute atomic E-state index is 13.4. The first-order valence-corrected chi connectivity index (χ1v) is 12.7. The number of anilines is 1. The van der Waals surface area contributed by atoms with Gasteiger partial charge in [-0.1, -0.05) is 72.3 Å². The first-order valence-electron chi connectivity index (χ1n) is 11.0. The monoisotopic (exact) mass is 514 g/mol. The second-order valence-corrected chi connectivity index (χ2v) is 9.87. The van der Waals surface area contributed by atoms with E-state index in [2.05, 4.69) is 5.10 Å². The Balaban J connectivity index is 1.44. The average Bonchev–Trinajstić information content (AvgIpc) is 3.22. The zero-order valence-corrected chi connectivity index (χ0v) is 20.4. The normalized spacial score (nSPS) is 14.7. The predicted octanol–water partition coefficient (Wildman–Crippen LogP) is 5.94. The molecule has 0 aromatic heterocycles. The number of benzene rings is 4. The Morgan fingerprint density at radius 3 is 2.03 bits per heavy atom. The van der Waals surface area contributed by atoms with Gasteiger partial charge in [-0.15, -0.1) is 0 Å². The molecule has 0 radical (unpaired) electrons. The van der Waals surface area contributed by atoms with Gasteiger partial charge in [0, 0.05) is 10.6 Å². The van der Waals surface area contributed by atoms with Gasteiger partial charge in [-0.25, -0.2) is 0 Å². The maximum atomic E-state index is 13.4. The molecule has 1 aliphatic heterocycles. The van der Waals surface area contributed by atoms with Crippen LogP contribution in [0.1, 0.15) is 11.1 Å². The minimum Gasteiger partial charge on any atom is -0.379 e. The van der Waals surface area contributed by atoms with Crippen LogP contribution >= 0.6 is 11.6 Å². The fourth-order valence-electron chi connectivity index (χ4n) is 3.66. The number of carbonyl (C=O) groups is 1. The highest BCUT2D eigenvalue weighted by Crippen LogP contribution is 2.28. The van der Waals surface area contributed by atoms with Crippen molar-refractivity contribution >= 4 is 45.1 Å². The van der Waals surface area contributed by atoms with Crippen LogP contribution in [0.25, 0.3) is 6.08 Å². The fraction of sp³-hybridized carbons (Fsp3) is 0. The van der Waals surface area contributed by atoms with Gasteiger partial charge in [0.25, 0.3) is 5.91 Å². The summed E-state index contributed by atoms with van der Waals surface area (Å²) in [5.41, 5.74) is 3.13. The lowest BCUT2D eigenvalue weighted by atomic mass is 10.0. The van der Waals surface area contributed by atoms with E-state index in [1.807, 2.05) is 60.7 Å². The van der Waals surface area contributed by atoms with Crippen LogP contribution in [0, 0.1) is 0 Å². The number of hydrazone groups is 1. The molecule has 4 aromatic rings. The third-order valence-corrected chi connectivity index (χ3v) is 6.94. The van der Waals surface area contributed by atoms with E-state index in [-0.39, 0.29) is 16.6 Å². The molecule has 1 heterocycles. The standard InChI is InChI=1S/C28H19ClN2O4S/c29-22-13-17-25(18-14-22)36(33,34)35-24-15-11-20(12-16-24)19-26-27(21-7-3-1-4-8-21)30-31(28(26)32)23-9-5-2-6-10-23/h1-19H/b26-19-. The molecule has 0 aliphatic carbocycles. The molecule has 36 heavy (non-hydrogen) atoms. The molecule has 1 amide bonds. The zero-order chi connectivity index (χ0) is 25.1. The van der Waals surface area contributed by atoms with Crippen LogP contribution in [-0.2, 0) is 14.9 Å². The third kappa shape index (κ3) is 4.93. The van der Waals surface area contributed by atoms with Crippen LogP contribution < -0.4 is 9.19 Å². The first-order chi connectivity index (χ1) is 17.4. The van der Waals surface area contributed by atoms with Crippen LogP contribution in [0.4, 0.5) is 5.69 Å². The Bertz CT molecular complexity index is 1570. The molecule has 1 aliphatic rings. The van der Waals surface area contributed by atoms with Gasteiger partial charge in [-0.2, -0.15) is 18.5 Å². The Morgan fingerprint density at radius 1 is 0.778 bits per heavy atom. The minimum absolute atomic E-state index is 0.000588. The van der Waals surface area contributed by atoms with E-state index in [9.17, 15) is 13.2 Å². The maximum Gasteiger partial charge on any atom is 0.339 e. The number of halogens is 1. The van der Waals surface area contributed by atoms with Crippen LogP contribution in [0.2, 0.25) is 5.02 Å². The topological polar surface area (TPSA) is 76.0 Å². The molecule has 0 atom stereocenters. The molecule has 4 aromatic carbocycles. The summed E-state index contributed by atoms with van der Waals surface area (Å²) < 4.78 is 30.3. The summed E-state index contributed by atoms with van der Waals surface area (Å²) in [4.78, 5) is 13.4. The molecule has 0 saturated heterocycles. The molecular weight excluding hydrogens is 496 g/mol. The largest absolute Gasteiger partial charge is 0.379 e. The van der Waals surface area contributed by atoms with Gasteiger partial charge in [0.15, 0.2) is 0 Å². The zero-order valence-electron chi connectivity index (χ0n) is 18.8. The lowest BCUT2D eigenvalue weighted by Crippen LogP contribution is -2.21. The molecular formula is C28H19ClN2O4S. The molecule has 8 heteroatoms. The van der Waals surface area contributed by atoms with Crippen molar-refractivity contribution in [3.63, 3.8) is 0 Å². The smallest absolute Gasteiger partial charge is 0.339 e. The van der Waals surface area contributed by atoms with Crippen molar-refractivity contribution < 1.29 is 17.4 Å². The molecule has 0 fully saturated rings. The Labute approximate surface area is 213 Å². The van der Waals surface area contributed by atoms with Crippen LogP contribution in [0.5, 0.6) is 5.75 Å². The van der Waals surface area contributed by atoms with Gasteiger partial charge >= 0.3 is 10.1 Å². The molecule has 5 rings (SSSR count). The highest BCUT2D eigenvalue weighted by molar-refractivity contribution is 7.87. The number of nitrogens with zero attached hydrogens (tertiary/aromatic N) is 2. The number of amides is 1. The molecule has 0 unspecified atom stereocenters. The second kappa shape index (κ2) is 9.81. The summed E-state index contributed by atoms with van der Waals surface area (Å²) in [5, 5.41) is 6.42.